The van der Waals surface area contributed by atoms with Gasteiger partial charge in [0.25, 0.3) is 5.91 Å². The van der Waals surface area contributed by atoms with E-state index in [1.807, 2.05) is 0 Å². The number of nitrogens with two attached hydrogens (primary N) is 1. The smallest absolute Gasteiger partial charge is 0.255 e. The van der Waals surface area contributed by atoms with Crippen LogP contribution >= 0.6 is 0 Å². The molecule has 5 N–H and O–H groups in total. The van der Waals surface area contributed by atoms with E-state index in [2.05, 4.69) is 26.8 Å². The highest BCUT2D eigenvalue weighted by molar-refractivity contribution is 5.99. The summed E-state index contributed by atoms with van der Waals surface area (Å²) in [5.41, 5.74) is 5.60. The quantitative estimate of drug-likeness (QED) is 0.538. The zero-order valence-electron chi connectivity index (χ0n) is 9.84. The molecule has 1 saturated heterocycles. The van der Waals surface area contributed by atoms with Gasteiger partial charge in [0.2, 0.25) is 0 Å². The Morgan fingerprint density at radius 3 is 2.53 bits per heavy atom. The molecule has 0 spiro atoms. The number of primary amides is 1. The molecule has 1 amide bonds. The van der Waals surface area contributed by atoms with Crippen molar-refractivity contribution in [3.63, 3.8) is 0 Å². The third-order valence-electron chi connectivity index (χ3n) is 2.35. The largest absolute Gasteiger partial charge is 0.371 e. The fourth-order valence-corrected chi connectivity index (χ4v) is 1.49. The molecule has 1 aliphatic heterocycles. The Bertz CT molecular complexity index is 406. The van der Waals surface area contributed by atoms with Gasteiger partial charge >= 0.3 is 0 Å². The van der Waals surface area contributed by atoms with E-state index in [0.717, 1.165) is 0 Å². The first-order valence-electron chi connectivity index (χ1n) is 5.44. The van der Waals surface area contributed by atoms with Crippen molar-refractivity contribution < 1.29 is 4.79 Å². The monoisotopic (exact) mass is 235 g/mol. The summed E-state index contributed by atoms with van der Waals surface area (Å²) in [6.07, 6.45) is 7.88. The number of aromatic amines is 1. The third-order valence-corrected chi connectivity index (χ3v) is 2.35. The lowest BCUT2D eigenvalue weighted by Crippen LogP contribution is -2.13. The molecule has 2 heterocycles. The summed E-state index contributed by atoms with van der Waals surface area (Å²) >= 11 is 0. The molecule has 0 unspecified atom stereocenters. The van der Waals surface area contributed by atoms with Gasteiger partial charge in [-0.15, -0.1) is 6.42 Å². The Kier molecular flexibility index (Phi) is 5.04. The van der Waals surface area contributed by atoms with Crippen LogP contribution in [0.5, 0.6) is 0 Å². The Morgan fingerprint density at radius 2 is 2.18 bits per heavy atom. The highest BCUT2D eigenvalue weighted by Crippen LogP contribution is 2.13. The average molecular weight is 235 g/mol. The summed E-state index contributed by atoms with van der Waals surface area (Å²) in [5.74, 6) is 2.05. The Morgan fingerprint density at radius 1 is 1.53 bits per heavy atom. The molecule has 17 heavy (non-hydrogen) atoms. The normalized spacial score (nSPS) is 13.4. The molecule has 0 saturated carbocycles. The fourth-order valence-electron chi connectivity index (χ4n) is 1.49. The number of anilines is 1. The fraction of sp³-hybridized carbons (Fsp3) is 0.455. The lowest BCUT2D eigenvalue weighted by atomic mass is 10.2. The zero-order chi connectivity index (χ0) is 12.7. The number of aromatic nitrogens is 2. The van der Waals surface area contributed by atoms with E-state index >= 15 is 0 Å². The van der Waals surface area contributed by atoms with Crippen molar-refractivity contribution in [3.05, 3.63) is 11.3 Å². The van der Waals surface area contributed by atoms with Crippen molar-refractivity contribution in [3.8, 4) is 12.3 Å². The van der Waals surface area contributed by atoms with E-state index in [9.17, 15) is 4.79 Å². The molecule has 0 aromatic carbocycles. The predicted octanol–water partition coefficient (Wildman–Crippen LogP) is -0.0986. The van der Waals surface area contributed by atoms with Gasteiger partial charge in [-0.05, 0) is 31.9 Å². The van der Waals surface area contributed by atoms with Gasteiger partial charge in [0.1, 0.15) is 11.3 Å². The molecule has 1 aromatic rings. The number of hydrogen-bond acceptors (Lipinski definition) is 4. The van der Waals surface area contributed by atoms with E-state index < -0.39 is 5.91 Å². The SMILES string of the molecule is C#Cc1[nH]nc(NC)c1C(N)=O.C1CCNC1. The summed E-state index contributed by atoms with van der Waals surface area (Å²) in [4.78, 5) is 10.8. The zero-order valence-corrected chi connectivity index (χ0v) is 9.84. The van der Waals surface area contributed by atoms with Gasteiger partial charge in [0.15, 0.2) is 5.82 Å². The molecule has 1 aromatic heterocycles. The van der Waals surface area contributed by atoms with Crippen LogP contribution < -0.4 is 16.4 Å². The van der Waals surface area contributed by atoms with Crippen LogP contribution in [0.25, 0.3) is 0 Å². The number of nitrogens with zero attached hydrogens (tertiary/aromatic N) is 1. The minimum absolute atomic E-state index is 0.222. The van der Waals surface area contributed by atoms with Gasteiger partial charge in [-0.2, -0.15) is 5.10 Å². The van der Waals surface area contributed by atoms with Gasteiger partial charge in [0.05, 0.1) is 0 Å². The number of rotatable bonds is 2. The van der Waals surface area contributed by atoms with Crippen LogP contribution in [0.15, 0.2) is 0 Å². The number of nitrogens with one attached hydrogen (secondary N) is 3. The molecule has 0 atom stereocenters. The molecule has 1 aliphatic rings. The van der Waals surface area contributed by atoms with Gasteiger partial charge in [-0.3, -0.25) is 9.89 Å². The van der Waals surface area contributed by atoms with E-state index in [0.29, 0.717) is 11.5 Å². The summed E-state index contributed by atoms with van der Waals surface area (Å²) in [7, 11) is 1.63. The van der Waals surface area contributed by atoms with Crippen molar-refractivity contribution in [2.45, 2.75) is 12.8 Å². The highest BCUT2D eigenvalue weighted by Gasteiger charge is 2.15. The van der Waals surface area contributed by atoms with Gasteiger partial charge < -0.3 is 16.4 Å². The topological polar surface area (TPSA) is 95.8 Å². The van der Waals surface area contributed by atoms with Crippen LogP contribution in [0.2, 0.25) is 0 Å². The lowest BCUT2D eigenvalue weighted by molar-refractivity contribution is 0.100. The number of hydrogen-bond donors (Lipinski definition) is 4. The lowest BCUT2D eigenvalue weighted by Gasteiger charge is -1.95. The van der Waals surface area contributed by atoms with E-state index in [1.54, 1.807) is 7.05 Å². The van der Waals surface area contributed by atoms with Gasteiger partial charge in [0, 0.05) is 7.05 Å². The molecule has 0 aliphatic carbocycles. The van der Waals surface area contributed by atoms with E-state index in [-0.39, 0.29) is 5.56 Å². The summed E-state index contributed by atoms with van der Waals surface area (Å²) in [6.45, 7) is 2.50. The number of carbonyl (C=O) groups excluding carboxylic acids is 1. The Labute approximate surface area is 100 Å². The first-order chi connectivity index (χ1) is 8.20. The van der Waals surface area contributed by atoms with Crippen molar-refractivity contribution in [1.29, 1.82) is 0 Å². The van der Waals surface area contributed by atoms with Crippen LogP contribution in [0.4, 0.5) is 5.82 Å². The van der Waals surface area contributed by atoms with E-state index in [4.69, 9.17) is 12.2 Å². The molecule has 0 radical (unpaired) electrons. The Balaban J connectivity index is 0.000000239. The molecule has 0 bridgehead atoms. The number of carbonyl (C=O) groups is 1. The second-order valence-electron chi connectivity index (χ2n) is 3.54. The van der Waals surface area contributed by atoms with E-state index in [1.165, 1.54) is 25.9 Å². The van der Waals surface area contributed by atoms with Crippen LogP contribution in [0.3, 0.4) is 0 Å². The maximum absolute atomic E-state index is 10.8. The second-order valence-corrected chi connectivity index (χ2v) is 3.54. The molecule has 1 fully saturated rings. The maximum Gasteiger partial charge on any atom is 0.255 e. The number of amides is 1. The van der Waals surface area contributed by atoms with Crippen molar-refractivity contribution in [2.75, 3.05) is 25.5 Å². The van der Waals surface area contributed by atoms with Crippen molar-refractivity contribution >= 4 is 11.7 Å². The van der Waals surface area contributed by atoms with Crippen LogP contribution in [-0.4, -0.2) is 36.2 Å². The Hall–Kier alpha value is -2.00. The van der Waals surface area contributed by atoms with Crippen LogP contribution in [-0.2, 0) is 0 Å². The number of H-pyrrole nitrogens is 1. The molecule has 6 heteroatoms. The first kappa shape index (κ1) is 13.1. The molecular weight excluding hydrogens is 218 g/mol. The standard InChI is InChI=1S/C7H8N4O.C4H9N/c1-3-4-5(6(8)12)7(9-2)11-10-4;1-2-4-5-3-1/h1H,2H3,(H2,8,12)(H2,9,10,11);5H,1-4H2. The minimum atomic E-state index is -0.596. The summed E-state index contributed by atoms with van der Waals surface area (Å²) in [5, 5.41) is 12.2. The highest BCUT2D eigenvalue weighted by atomic mass is 16.1. The average Bonchev–Trinajstić information content (AvgIpc) is 3.00. The van der Waals surface area contributed by atoms with Gasteiger partial charge in [-0.25, -0.2) is 0 Å². The molecule has 92 valence electrons. The molecule has 2 rings (SSSR count). The molecular formula is C11H17N5O. The van der Waals surface area contributed by atoms with Crippen LogP contribution in [0.1, 0.15) is 28.9 Å². The van der Waals surface area contributed by atoms with Gasteiger partial charge in [-0.1, -0.05) is 0 Å². The first-order valence-corrected chi connectivity index (χ1v) is 5.44. The summed E-state index contributed by atoms with van der Waals surface area (Å²) < 4.78 is 0. The predicted molar refractivity (Wildman–Crippen MR) is 66.7 cm³/mol. The molecule has 6 nitrogen and oxygen atoms in total. The number of terminal acetylenes is 1. The summed E-state index contributed by atoms with van der Waals surface area (Å²) in [6, 6.07) is 0. The second kappa shape index (κ2) is 6.55. The third kappa shape index (κ3) is 3.50. The van der Waals surface area contributed by atoms with Crippen molar-refractivity contribution in [1.82, 2.24) is 15.5 Å². The van der Waals surface area contributed by atoms with Crippen LogP contribution in [0, 0.1) is 12.3 Å². The van der Waals surface area contributed by atoms with Crippen molar-refractivity contribution in [2.24, 2.45) is 5.73 Å². The minimum Gasteiger partial charge on any atom is -0.371 e. The maximum atomic E-state index is 10.8.